The van der Waals surface area contributed by atoms with E-state index in [1.807, 2.05) is 20.2 Å². The monoisotopic (exact) mass is 248 g/mol. The number of hydrogen-bond donors (Lipinski definition) is 1. The number of rotatable bonds is 4. The quantitative estimate of drug-likeness (QED) is 0.896. The molecule has 0 saturated carbocycles. The second-order valence-corrected chi connectivity index (χ2v) is 4.35. The van der Waals surface area contributed by atoms with Crippen LogP contribution in [0.5, 0.6) is 0 Å². The van der Waals surface area contributed by atoms with Crippen molar-refractivity contribution in [1.82, 2.24) is 20.1 Å². The maximum absolute atomic E-state index is 13.3. The fourth-order valence-electron chi connectivity index (χ4n) is 1.96. The lowest BCUT2D eigenvalue weighted by atomic mass is 10.0. The van der Waals surface area contributed by atoms with Crippen molar-refractivity contribution in [3.8, 4) is 0 Å². The number of likely N-dealkylation sites (N-methyl/N-ethyl adjacent to an activating group) is 1. The van der Waals surface area contributed by atoms with E-state index in [4.69, 9.17) is 0 Å². The summed E-state index contributed by atoms with van der Waals surface area (Å²) in [6.07, 6.45) is 2.26. The highest BCUT2D eigenvalue weighted by Gasteiger charge is 2.14. The summed E-state index contributed by atoms with van der Waals surface area (Å²) in [5, 5.41) is 7.27. The molecule has 0 aliphatic rings. The van der Waals surface area contributed by atoms with Crippen molar-refractivity contribution in [2.45, 2.75) is 19.4 Å². The van der Waals surface area contributed by atoms with Gasteiger partial charge in [0.15, 0.2) is 0 Å². The Kier molecular flexibility index (Phi) is 3.72. The van der Waals surface area contributed by atoms with E-state index in [1.165, 1.54) is 12.4 Å². The minimum absolute atomic E-state index is 0.104. The molecular weight excluding hydrogens is 231 g/mol. The van der Waals surface area contributed by atoms with E-state index in [-0.39, 0.29) is 11.9 Å². The predicted octanol–water partition coefficient (Wildman–Crippen LogP) is 1.77. The van der Waals surface area contributed by atoms with Gasteiger partial charge < -0.3 is 5.32 Å². The summed E-state index contributed by atoms with van der Waals surface area (Å²) < 4.78 is 15.0. The number of aromatic nitrogens is 3. The second kappa shape index (κ2) is 5.27. The van der Waals surface area contributed by atoms with Crippen LogP contribution in [0.3, 0.4) is 0 Å². The van der Waals surface area contributed by atoms with E-state index in [1.54, 1.807) is 17.7 Å². The van der Waals surface area contributed by atoms with Gasteiger partial charge in [0, 0.05) is 19.5 Å². The van der Waals surface area contributed by atoms with Gasteiger partial charge in [-0.1, -0.05) is 12.1 Å². The lowest BCUT2D eigenvalue weighted by molar-refractivity contribution is 0.550. The summed E-state index contributed by atoms with van der Waals surface area (Å²) in [6, 6.07) is 5.28. The Balaban J connectivity index is 2.23. The van der Waals surface area contributed by atoms with Gasteiger partial charge in [-0.05, 0) is 31.2 Å². The van der Waals surface area contributed by atoms with Gasteiger partial charge in [-0.3, -0.25) is 4.68 Å². The van der Waals surface area contributed by atoms with Gasteiger partial charge in [0.2, 0.25) is 0 Å². The first-order valence-electron chi connectivity index (χ1n) is 5.88. The van der Waals surface area contributed by atoms with E-state index >= 15 is 0 Å². The maximum Gasteiger partial charge on any atom is 0.138 e. The highest BCUT2D eigenvalue weighted by atomic mass is 19.1. The summed E-state index contributed by atoms with van der Waals surface area (Å²) in [5.41, 5.74) is 1.71. The van der Waals surface area contributed by atoms with Crippen LogP contribution in [0.25, 0.3) is 0 Å². The smallest absolute Gasteiger partial charge is 0.138 e. The van der Waals surface area contributed by atoms with Crippen LogP contribution >= 0.6 is 0 Å². The Morgan fingerprint density at radius 1 is 1.44 bits per heavy atom. The van der Waals surface area contributed by atoms with Crippen molar-refractivity contribution < 1.29 is 4.39 Å². The Morgan fingerprint density at radius 2 is 2.22 bits per heavy atom. The van der Waals surface area contributed by atoms with Gasteiger partial charge in [-0.25, -0.2) is 9.37 Å². The fourth-order valence-corrected chi connectivity index (χ4v) is 1.96. The Bertz CT molecular complexity index is 536. The molecule has 0 fully saturated rings. The molecule has 0 aliphatic carbocycles. The fraction of sp³-hybridized carbons (Fsp3) is 0.385. The van der Waals surface area contributed by atoms with Gasteiger partial charge in [-0.15, -0.1) is 0 Å². The Labute approximate surface area is 106 Å². The van der Waals surface area contributed by atoms with Crippen LogP contribution < -0.4 is 5.32 Å². The van der Waals surface area contributed by atoms with Gasteiger partial charge in [-0.2, -0.15) is 5.10 Å². The molecule has 1 aromatic heterocycles. The third-order valence-electron chi connectivity index (χ3n) is 3.12. The van der Waals surface area contributed by atoms with Crippen LogP contribution in [0, 0.1) is 12.7 Å². The highest BCUT2D eigenvalue weighted by molar-refractivity contribution is 5.27. The maximum atomic E-state index is 13.3. The molecular formula is C13H17FN4. The van der Waals surface area contributed by atoms with Crippen LogP contribution in [-0.4, -0.2) is 21.8 Å². The van der Waals surface area contributed by atoms with Crippen LogP contribution in [0.2, 0.25) is 0 Å². The van der Waals surface area contributed by atoms with Gasteiger partial charge in [0.1, 0.15) is 18.0 Å². The average Bonchev–Trinajstić information content (AvgIpc) is 2.75. The van der Waals surface area contributed by atoms with Crippen molar-refractivity contribution >= 4 is 0 Å². The highest BCUT2D eigenvalue weighted by Crippen LogP contribution is 2.19. The summed E-state index contributed by atoms with van der Waals surface area (Å²) in [6.45, 7) is 1.77. The summed E-state index contributed by atoms with van der Waals surface area (Å²) in [4.78, 5) is 4.21. The number of hydrogen-bond acceptors (Lipinski definition) is 3. The minimum atomic E-state index is -0.174. The second-order valence-electron chi connectivity index (χ2n) is 4.35. The zero-order valence-electron chi connectivity index (χ0n) is 10.8. The van der Waals surface area contributed by atoms with E-state index in [0.29, 0.717) is 5.56 Å². The molecule has 0 amide bonds. The topological polar surface area (TPSA) is 42.7 Å². The standard InChI is InChI=1S/C13H17FN4/c1-9-6-10(4-5-11(9)14)12(15-2)7-13-16-8-17-18(13)3/h4-6,8,12,15H,7H2,1-3H3. The molecule has 0 spiro atoms. The van der Waals surface area contributed by atoms with Crippen LogP contribution in [0.15, 0.2) is 24.5 Å². The van der Waals surface area contributed by atoms with Gasteiger partial charge in [0.25, 0.3) is 0 Å². The average molecular weight is 248 g/mol. The molecule has 0 bridgehead atoms. The van der Waals surface area contributed by atoms with Crippen LogP contribution in [0.1, 0.15) is 23.0 Å². The van der Waals surface area contributed by atoms with Gasteiger partial charge >= 0.3 is 0 Å². The molecule has 96 valence electrons. The molecule has 0 saturated heterocycles. The summed E-state index contributed by atoms with van der Waals surface area (Å²) in [7, 11) is 3.75. The molecule has 2 aromatic rings. The molecule has 1 aromatic carbocycles. The lowest BCUT2D eigenvalue weighted by Crippen LogP contribution is -2.20. The summed E-state index contributed by atoms with van der Waals surface area (Å²) in [5.74, 6) is 0.726. The predicted molar refractivity (Wildman–Crippen MR) is 67.6 cm³/mol. The van der Waals surface area contributed by atoms with Crippen molar-refractivity contribution in [3.63, 3.8) is 0 Å². The number of nitrogens with one attached hydrogen (secondary N) is 1. The molecule has 1 N–H and O–H groups in total. The normalized spacial score (nSPS) is 12.7. The molecule has 4 nitrogen and oxygen atoms in total. The van der Waals surface area contributed by atoms with Crippen molar-refractivity contribution in [2.24, 2.45) is 7.05 Å². The molecule has 0 radical (unpaired) electrons. The first kappa shape index (κ1) is 12.7. The molecule has 1 heterocycles. The van der Waals surface area contributed by atoms with Crippen LogP contribution in [-0.2, 0) is 13.5 Å². The molecule has 1 unspecified atom stereocenters. The Hall–Kier alpha value is -1.75. The van der Waals surface area contributed by atoms with Crippen molar-refractivity contribution in [2.75, 3.05) is 7.05 Å². The molecule has 18 heavy (non-hydrogen) atoms. The molecule has 1 atom stereocenters. The van der Waals surface area contributed by atoms with Crippen molar-refractivity contribution in [3.05, 3.63) is 47.3 Å². The molecule has 0 aliphatic heterocycles. The van der Waals surface area contributed by atoms with E-state index in [0.717, 1.165) is 17.8 Å². The zero-order valence-corrected chi connectivity index (χ0v) is 10.8. The number of aryl methyl sites for hydroxylation is 2. The van der Waals surface area contributed by atoms with E-state index in [2.05, 4.69) is 15.4 Å². The number of halogens is 1. The first-order chi connectivity index (χ1) is 8.61. The third-order valence-corrected chi connectivity index (χ3v) is 3.12. The SMILES string of the molecule is CNC(Cc1ncnn1C)c1ccc(F)c(C)c1. The number of benzene rings is 1. The largest absolute Gasteiger partial charge is 0.313 e. The van der Waals surface area contributed by atoms with E-state index in [9.17, 15) is 4.39 Å². The first-order valence-corrected chi connectivity index (χ1v) is 5.88. The van der Waals surface area contributed by atoms with E-state index < -0.39 is 0 Å². The third kappa shape index (κ3) is 2.56. The van der Waals surface area contributed by atoms with Gasteiger partial charge in [0.05, 0.1) is 0 Å². The van der Waals surface area contributed by atoms with Crippen molar-refractivity contribution in [1.29, 1.82) is 0 Å². The summed E-state index contributed by atoms with van der Waals surface area (Å²) >= 11 is 0. The molecule has 2 rings (SSSR count). The number of nitrogens with zero attached hydrogens (tertiary/aromatic N) is 3. The lowest BCUT2D eigenvalue weighted by Gasteiger charge is -2.16. The molecule has 5 heteroatoms. The van der Waals surface area contributed by atoms with Crippen LogP contribution in [0.4, 0.5) is 4.39 Å². The zero-order chi connectivity index (χ0) is 13.1. The Morgan fingerprint density at radius 3 is 2.78 bits per heavy atom. The minimum Gasteiger partial charge on any atom is -0.313 e.